The Morgan fingerprint density at radius 1 is 1.38 bits per heavy atom. The summed E-state index contributed by atoms with van der Waals surface area (Å²) in [5.41, 5.74) is 0.751. The third-order valence-corrected chi connectivity index (χ3v) is 1.65. The minimum absolute atomic E-state index is 0. The Morgan fingerprint density at radius 2 is 1.92 bits per heavy atom. The van der Waals surface area contributed by atoms with Crippen molar-refractivity contribution in [3.63, 3.8) is 0 Å². The quantitative estimate of drug-likeness (QED) is 0.602. The van der Waals surface area contributed by atoms with Crippen molar-refractivity contribution in [1.82, 2.24) is 0 Å². The second-order valence-electron chi connectivity index (χ2n) is 2.27. The van der Waals surface area contributed by atoms with Crippen LogP contribution in [-0.4, -0.2) is 12.5 Å². The molecule has 0 amide bonds. The van der Waals surface area contributed by atoms with Crippen molar-refractivity contribution in [3.8, 4) is 0 Å². The van der Waals surface area contributed by atoms with Crippen molar-refractivity contribution in [3.05, 3.63) is 34.9 Å². The number of nitrogens with one attached hydrogen (secondary N) is 1. The standard InChI is InChI=1S/C9H10ClNO.ClH/c1-2-12-9(11)7-3-5-8(10)6-4-7;/h3-6,11H,2H2,1H3;1H. The number of halogens is 2. The first-order valence-electron chi connectivity index (χ1n) is 3.71. The molecule has 0 aliphatic carbocycles. The van der Waals surface area contributed by atoms with Gasteiger partial charge in [0.05, 0.1) is 6.61 Å². The maximum atomic E-state index is 7.43. The molecule has 0 aliphatic heterocycles. The van der Waals surface area contributed by atoms with Crippen LogP contribution in [0.1, 0.15) is 12.5 Å². The highest BCUT2D eigenvalue weighted by molar-refractivity contribution is 6.30. The normalized spacial score (nSPS) is 8.77. The van der Waals surface area contributed by atoms with Gasteiger partial charge < -0.3 is 4.74 Å². The fourth-order valence-corrected chi connectivity index (χ4v) is 0.955. The molecule has 1 N–H and O–H groups in total. The molecular weight excluding hydrogens is 209 g/mol. The molecule has 0 radical (unpaired) electrons. The molecule has 2 nitrogen and oxygen atoms in total. The van der Waals surface area contributed by atoms with E-state index in [0.717, 1.165) is 5.56 Å². The van der Waals surface area contributed by atoms with Gasteiger partial charge in [-0.05, 0) is 31.2 Å². The lowest BCUT2D eigenvalue weighted by Crippen LogP contribution is -2.03. The predicted molar refractivity (Wildman–Crippen MR) is 57.2 cm³/mol. The molecule has 0 saturated carbocycles. The van der Waals surface area contributed by atoms with Gasteiger partial charge in [-0.15, -0.1) is 12.4 Å². The summed E-state index contributed by atoms with van der Waals surface area (Å²) in [6, 6.07) is 7.01. The maximum Gasteiger partial charge on any atom is 0.213 e. The van der Waals surface area contributed by atoms with E-state index in [1.807, 2.05) is 6.92 Å². The molecule has 1 aromatic carbocycles. The number of ether oxygens (including phenoxy) is 1. The Kier molecular flexibility index (Phi) is 5.51. The van der Waals surface area contributed by atoms with Gasteiger partial charge in [0, 0.05) is 10.6 Å². The van der Waals surface area contributed by atoms with Crippen LogP contribution in [0.2, 0.25) is 5.02 Å². The van der Waals surface area contributed by atoms with Crippen molar-refractivity contribution in [2.75, 3.05) is 6.61 Å². The lowest BCUT2D eigenvalue weighted by molar-refractivity contribution is 0.325. The molecule has 1 aromatic rings. The zero-order valence-electron chi connectivity index (χ0n) is 7.21. The van der Waals surface area contributed by atoms with Crippen LogP contribution in [0.15, 0.2) is 24.3 Å². The third kappa shape index (κ3) is 3.66. The highest BCUT2D eigenvalue weighted by Gasteiger charge is 1.99. The Labute approximate surface area is 88.8 Å². The van der Waals surface area contributed by atoms with E-state index in [4.69, 9.17) is 21.7 Å². The zero-order chi connectivity index (χ0) is 8.97. The zero-order valence-corrected chi connectivity index (χ0v) is 8.78. The van der Waals surface area contributed by atoms with E-state index in [2.05, 4.69) is 0 Å². The van der Waals surface area contributed by atoms with Gasteiger partial charge in [-0.1, -0.05) is 11.6 Å². The Hall–Kier alpha value is -0.730. The molecule has 0 atom stereocenters. The Balaban J connectivity index is 0.00000144. The van der Waals surface area contributed by atoms with E-state index in [9.17, 15) is 0 Å². The van der Waals surface area contributed by atoms with Gasteiger partial charge in [-0.3, -0.25) is 5.41 Å². The third-order valence-electron chi connectivity index (χ3n) is 1.40. The smallest absolute Gasteiger partial charge is 0.213 e. The maximum absolute atomic E-state index is 7.43. The minimum Gasteiger partial charge on any atom is -0.478 e. The molecule has 4 heteroatoms. The topological polar surface area (TPSA) is 33.1 Å². The predicted octanol–water partition coefficient (Wildman–Crippen LogP) is 3.12. The Morgan fingerprint density at radius 3 is 2.38 bits per heavy atom. The van der Waals surface area contributed by atoms with E-state index in [0.29, 0.717) is 11.6 Å². The van der Waals surface area contributed by atoms with Gasteiger partial charge in [0.25, 0.3) is 0 Å². The first-order valence-corrected chi connectivity index (χ1v) is 4.09. The molecule has 0 saturated heterocycles. The number of rotatable bonds is 2. The average molecular weight is 220 g/mol. The molecule has 0 bridgehead atoms. The largest absolute Gasteiger partial charge is 0.478 e. The van der Waals surface area contributed by atoms with E-state index in [1.54, 1.807) is 24.3 Å². The molecule has 0 aromatic heterocycles. The van der Waals surface area contributed by atoms with Gasteiger partial charge in [0.1, 0.15) is 0 Å². The van der Waals surface area contributed by atoms with Crippen molar-refractivity contribution in [2.45, 2.75) is 6.92 Å². The first-order chi connectivity index (χ1) is 5.74. The molecule has 0 spiro atoms. The summed E-state index contributed by atoms with van der Waals surface area (Å²) in [6.45, 7) is 2.37. The van der Waals surface area contributed by atoms with Crippen LogP contribution in [0.3, 0.4) is 0 Å². The summed E-state index contributed by atoms with van der Waals surface area (Å²) < 4.78 is 5.01. The van der Waals surface area contributed by atoms with Crippen molar-refractivity contribution < 1.29 is 4.74 Å². The summed E-state index contributed by atoms with van der Waals surface area (Å²) in [5.74, 6) is 0.189. The monoisotopic (exact) mass is 219 g/mol. The molecule has 0 aliphatic rings. The highest BCUT2D eigenvalue weighted by Crippen LogP contribution is 2.10. The van der Waals surface area contributed by atoms with Gasteiger partial charge in [0.15, 0.2) is 0 Å². The van der Waals surface area contributed by atoms with Crippen LogP contribution in [-0.2, 0) is 4.74 Å². The van der Waals surface area contributed by atoms with Crippen LogP contribution in [0.4, 0.5) is 0 Å². The molecule has 0 heterocycles. The molecule has 0 fully saturated rings. The van der Waals surface area contributed by atoms with Crippen LogP contribution >= 0.6 is 24.0 Å². The van der Waals surface area contributed by atoms with Crippen LogP contribution < -0.4 is 0 Å². The summed E-state index contributed by atoms with van der Waals surface area (Å²) in [4.78, 5) is 0. The molecule has 1 rings (SSSR count). The van der Waals surface area contributed by atoms with Gasteiger partial charge in [-0.2, -0.15) is 0 Å². The van der Waals surface area contributed by atoms with Gasteiger partial charge >= 0.3 is 0 Å². The second-order valence-corrected chi connectivity index (χ2v) is 2.71. The number of hydrogen-bond donors (Lipinski definition) is 1. The van der Waals surface area contributed by atoms with Crippen LogP contribution in [0.25, 0.3) is 0 Å². The number of hydrogen-bond acceptors (Lipinski definition) is 2. The van der Waals surface area contributed by atoms with Crippen molar-refractivity contribution in [2.24, 2.45) is 0 Å². The Bertz CT molecular complexity index is 271. The summed E-state index contributed by atoms with van der Waals surface area (Å²) in [7, 11) is 0. The van der Waals surface area contributed by atoms with Gasteiger partial charge in [-0.25, -0.2) is 0 Å². The van der Waals surface area contributed by atoms with E-state index in [1.165, 1.54) is 0 Å². The summed E-state index contributed by atoms with van der Waals surface area (Å²) >= 11 is 5.68. The average Bonchev–Trinajstić information content (AvgIpc) is 2.06. The molecular formula is C9H11Cl2NO. The second kappa shape index (κ2) is 5.84. The highest BCUT2D eigenvalue weighted by atomic mass is 35.5. The fourth-order valence-electron chi connectivity index (χ4n) is 0.829. The fraction of sp³-hybridized carbons (Fsp3) is 0.222. The lowest BCUT2D eigenvalue weighted by Gasteiger charge is -2.03. The van der Waals surface area contributed by atoms with E-state index < -0.39 is 0 Å². The van der Waals surface area contributed by atoms with Crippen molar-refractivity contribution >= 4 is 29.9 Å². The summed E-state index contributed by atoms with van der Waals surface area (Å²) in [6.07, 6.45) is 0. The van der Waals surface area contributed by atoms with Gasteiger partial charge in [0.2, 0.25) is 5.90 Å². The minimum atomic E-state index is 0. The number of benzene rings is 1. The first kappa shape index (κ1) is 12.3. The van der Waals surface area contributed by atoms with Crippen LogP contribution in [0.5, 0.6) is 0 Å². The van der Waals surface area contributed by atoms with E-state index >= 15 is 0 Å². The van der Waals surface area contributed by atoms with E-state index in [-0.39, 0.29) is 18.3 Å². The SMILES string of the molecule is CCOC(=N)c1ccc(Cl)cc1.Cl. The van der Waals surface area contributed by atoms with Crippen LogP contribution in [0, 0.1) is 5.41 Å². The molecule has 13 heavy (non-hydrogen) atoms. The molecule has 72 valence electrons. The molecule has 0 unspecified atom stereocenters. The lowest BCUT2D eigenvalue weighted by atomic mass is 10.2. The summed E-state index contributed by atoms with van der Waals surface area (Å²) in [5, 5.41) is 8.10. The van der Waals surface area contributed by atoms with Crippen molar-refractivity contribution in [1.29, 1.82) is 5.41 Å².